The van der Waals surface area contributed by atoms with Crippen LogP contribution in [0.25, 0.3) is 0 Å². The molecule has 0 amide bonds. The molecule has 0 saturated carbocycles. The molecule has 132 valence electrons. The van der Waals surface area contributed by atoms with Gasteiger partial charge in [0.1, 0.15) is 25.7 Å². The molecule has 6 heteroatoms. The van der Waals surface area contributed by atoms with Crippen LogP contribution >= 0.6 is 23.8 Å². The fraction of sp³-hybridized carbons (Fsp3) is 0.316. The highest BCUT2D eigenvalue weighted by molar-refractivity contribution is 7.80. The maximum atomic E-state index is 5.93. The zero-order chi connectivity index (χ0) is 17.5. The predicted octanol–water partition coefficient (Wildman–Crippen LogP) is 2.28. The zero-order valence-corrected chi connectivity index (χ0v) is 15.6. The lowest BCUT2D eigenvalue weighted by Gasteiger charge is -2.29. The van der Waals surface area contributed by atoms with E-state index in [2.05, 4.69) is 34.9 Å². The van der Waals surface area contributed by atoms with Gasteiger partial charge in [0.25, 0.3) is 0 Å². The van der Waals surface area contributed by atoms with Crippen molar-refractivity contribution in [3.8, 4) is 0 Å². The number of quaternary nitrogens is 1. The molecule has 0 radical (unpaired) electrons. The Labute approximate surface area is 159 Å². The summed E-state index contributed by atoms with van der Waals surface area (Å²) in [7, 11) is 0. The summed E-state index contributed by atoms with van der Waals surface area (Å²) in [5.41, 5.74) is 2.16. The van der Waals surface area contributed by atoms with E-state index in [9.17, 15) is 0 Å². The summed E-state index contributed by atoms with van der Waals surface area (Å²) in [6, 6.07) is 18.1. The molecule has 1 aliphatic heterocycles. The average molecular weight is 377 g/mol. The summed E-state index contributed by atoms with van der Waals surface area (Å²) < 4.78 is 5.47. The maximum absolute atomic E-state index is 5.93. The molecule has 0 spiro atoms. The van der Waals surface area contributed by atoms with E-state index in [1.807, 2.05) is 30.3 Å². The topological polar surface area (TPSA) is 37.7 Å². The Kier molecular flexibility index (Phi) is 6.64. The minimum Gasteiger partial charge on any atom is -0.370 e. The zero-order valence-electron chi connectivity index (χ0n) is 14.0. The van der Waals surface area contributed by atoms with Crippen LogP contribution in [0.5, 0.6) is 0 Å². The van der Waals surface area contributed by atoms with Crippen molar-refractivity contribution in [2.24, 2.45) is 0 Å². The molecule has 4 nitrogen and oxygen atoms in total. The van der Waals surface area contributed by atoms with Gasteiger partial charge in [-0.05, 0) is 42.0 Å². The molecule has 1 fully saturated rings. The lowest BCUT2D eigenvalue weighted by Crippen LogP contribution is -3.14. The molecule has 1 atom stereocenters. The first-order chi connectivity index (χ1) is 12.2. The number of morpholine rings is 1. The Morgan fingerprint density at radius 3 is 2.44 bits per heavy atom. The molecule has 3 rings (SSSR count). The number of rotatable bonds is 5. The molecule has 2 aromatic rings. The third-order valence-electron chi connectivity index (χ3n) is 4.30. The van der Waals surface area contributed by atoms with Crippen LogP contribution in [0, 0.1) is 0 Å². The molecule has 0 aromatic heterocycles. The van der Waals surface area contributed by atoms with Crippen molar-refractivity contribution in [1.29, 1.82) is 0 Å². The molecule has 1 aliphatic rings. The first kappa shape index (κ1) is 18.1. The van der Waals surface area contributed by atoms with Crippen LogP contribution in [-0.4, -0.2) is 38.0 Å². The molecule has 3 N–H and O–H groups in total. The number of nitrogens with one attached hydrogen (secondary N) is 3. The number of halogens is 1. The van der Waals surface area contributed by atoms with Crippen molar-refractivity contribution in [3.63, 3.8) is 0 Å². The summed E-state index contributed by atoms with van der Waals surface area (Å²) in [6.07, 6.45) is 0. The lowest BCUT2D eigenvalue weighted by atomic mass is 10.1. The first-order valence-electron chi connectivity index (χ1n) is 8.50. The Hall–Kier alpha value is -1.66. The quantitative estimate of drug-likeness (QED) is 0.700. The van der Waals surface area contributed by atoms with E-state index < -0.39 is 0 Å². The number of hydrogen-bond donors (Lipinski definition) is 3. The SMILES string of the molecule is S=C(Nc1ccc(Cl)cc1)N[C@H](C[NH+]1CCOCC1)c1ccccc1. The summed E-state index contributed by atoms with van der Waals surface area (Å²) in [4.78, 5) is 1.53. The van der Waals surface area contributed by atoms with Gasteiger partial charge in [-0.1, -0.05) is 41.9 Å². The second-order valence-electron chi connectivity index (χ2n) is 6.14. The normalized spacial score (nSPS) is 16.2. The highest BCUT2D eigenvalue weighted by Gasteiger charge is 2.22. The third-order valence-corrected chi connectivity index (χ3v) is 4.77. The molecule has 0 unspecified atom stereocenters. The summed E-state index contributed by atoms with van der Waals surface area (Å²) in [5.74, 6) is 0. The van der Waals surface area contributed by atoms with E-state index in [1.165, 1.54) is 10.5 Å². The molecule has 1 saturated heterocycles. The van der Waals surface area contributed by atoms with E-state index in [4.69, 9.17) is 28.6 Å². The van der Waals surface area contributed by atoms with Crippen LogP contribution in [0.4, 0.5) is 5.69 Å². The van der Waals surface area contributed by atoms with Gasteiger partial charge in [-0.15, -0.1) is 0 Å². The van der Waals surface area contributed by atoms with Crippen LogP contribution in [0.3, 0.4) is 0 Å². The number of anilines is 1. The van der Waals surface area contributed by atoms with Crippen molar-refractivity contribution >= 4 is 34.6 Å². The van der Waals surface area contributed by atoms with E-state index in [0.717, 1.165) is 38.5 Å². The number of ether oxygens (including phenoxy) is 1. The van der Waals surface area contributed by atoms with Gasteiger partial charge < -0.3 is 20.3 Å². The van der Waals surface area contributed by atoms with Gasteiger partial charge in [0.15, 0.2) is 5.11 Å². The molecule has 1 heterocycles. The Morgan fingerprint density at radius 1 is 1.08 bits per heavy atom. The molecule has 2 aromatic carbocycles. The summed E-state index contributed by atoms with van der Waals surface area (Å²) in [6.45, 7) is 4.68. The molecular weight excluding hydrogens is 354 g/mol. The Morgan fingerprint density at radius 2 is 1.76 bits per heavy atom. The van der Waals surface area contributed by atoms with Gasteiger partial charge in [-0.25, -0.2) is 0 Å². The number of hydrogen-bond acceptors (Lipinski definition) is 2. The van der Waals surface area contributed by atoms with Crippen molar-refractivity contribution in [2.75, 3.05) is 38.2 Å². The van der Waals surface area contributed by atoms with E-state index in [1.54, 1.807) is 0 Å². The Bertz CT molecular complexity index is 675. The van der Waals surface area contributed by atoms with Crippen LogP contribution in [0.2, 0.25) is 5.02 Å². The third kappa shape index (κ3) is 5.68. The highest BCUT2D eigenvalue weighted by atomic mass is 35.5. The van der Waals surface area contributed by atoms with Gasteiger partial charge in [-0.3, -0.25) is 0 Å². The van der Waals surface area contributed by atoms with Crippen LogP contribution in [0.15, 0.2) is 54.6 Å². The maximum Gasteiger partial charge on any atom is 0.171 e. The van der Waals surface area contributed by atoms with Gasteiger partial charge >= 0.3 is 0 Å². The lowest BCUT2D eigenvalue weighted by molar-refractivity contribution is -0.909. The summed E-state index contributed by atoms with van der Waals surface area (Å²) >= 11 is 11.5. The van der Waals surface area contributed by atoms with E-state index >= 15 is 0 Å². The second kappa shape index (κ2) is 9.15. The summed E-state index contributed by atoms with van der Waals surface area (Å²) in [5, 5.41) is 8.03. The van der Waals surface area contributed by atoms with Crippen molar-refractivity contribution < 1.29 is 9.64 Å². The van der Waals surface area contributed by atoms with Crippen LogP contribution < -0.4 is 15.5 Å². The molecule has 0 bridgehead atoms. The van der Waals surface area contributed by atoms with Gasteiger partial charge in [-0.2, -0.15) is 0 Å². The number of benzene rings is 2. The smallest absolute Gasteiger partial charge is 0.171 e. The minimum atomic E-state index is 0.154. The second-order valence-corrected chi connectivity index (χ2v) is 6.98. The molecular formula is C19H23ClN3OS+. The fourth-order valence-corrected chi connectivity index (χ4v) is 3.34. The fourth-order valence-electron chi connectivity index (χ4n) is 2.95. The average Bonchev–Trinajstić information content (AvgIpc) is 2.65. The van der Waals surface area contributed by atoms with Gasteiger partial charge in [0, 0.05) is 10.7 Å². The predicted molar refractivity (Wildman–Crippen MR) is 106 cm³/mol. The van der Waals surface area contributed by atoms with Gasteiger partial charge in [0.2, 0.25) is 0 Å². The first-order valence-corrected chi connectivity index (χ1v) is 9.28. The van der Waals surface area contributed by atoms with Gasteiger partial charge in [0.05, 0.1) is 13.2 Å². The van der Waals surface area contributed by atoms with Crippen LogP contribution in [0.1, 0.15) is 11.6 Å². The minimum absolute atomic E-state index is 0.154. The monoisotopic (exact) mass is 376 g/mol. The Balaban J connectivity index is 1.65. The van der Waals surface area contributed by atoms with Crippen molar-refractivity contribution in [2.45, 2.75) is 6.04 Å². The number of thiocarbonyl (C=S) groups is 1. The van der Waals surface area contributed by atoms with Crippen LogP contribution in [-0.2, 0) is 4.74 Å². The molecule has 0 aliphatic carbocycles. The standard InChI is InChI=1S/C19H22ClN3OS/c20-16-6-8-17(9-7-16)21-19(25)22-18(15-4-2-1-3-5-15)14-23-10-12-24-13-11-23/h1-9,18H,10-14H2,(H2,21,22,25)/p+1/t18-/m1/s1. The molecule has 25 heavy (non-hydrogen) atoms. The highest BCUT2D eigenvalue weighted by Crippen LogP contribution is 2.15. The largest absolute Gasteiger partial charge is 0.370 e. The van der Waals surface area contributed by atoms with E-state index in [0.29, 0.717) is 10.1 Å². The van der Waals surface area contributed by atoms with Crippen molar-refractivity contribution in [1.82, 2.24) is 5.32 Å². The van der Waals surface area contributed by atoms with E-state index in [-0.39, 0.29) is 6.04 Å². The van der Waals surface area contributed by atoms with Crippen molar-refractivity contribution in [3.05, 3.63) is 65.2 Å².